The molecule has 0 aliphatic rings. The van der Waals surface area contributed by atoms with Crippen LogP contribution in [-0.2, 0) is 11.2 Å². The lowest BCUT2D eigenvalue weighted by Crippen LogP contribution is -2.08. The molecule has 0 aromatic heterocycles. The third-order valence-corrected chi connectivity index (χ3v) is 3.70. The maximum atomic E-state index is 5.93. The summed E-state index contributed by atoms with van der Waals surface area (Å²) in [5.74, 6) is 0. The van der Waals surface area contributed by atoms with Crippen LogP contribution in [0.4, 0.5) is 0 Å². The van der Waals surface area contributed by atoms with Gasteiger partial charge >= 0.3 is 0 Å². The van der Waals surface area contributed by atoms with E-state index >= 15 is 0 Å². The Kier molecular flexibility index (Phi) is 8.86. The first-order chi connectivity index (χ1) is 9.76. The van der Waals surface area contributed by atoms with Crippen LogP contribution in [0.1, 0.15) is 64.9 Å². The van der Waals surface area contributed by atoms with Crippen LogP contribution in [0.15, 0.2) is 42.2 Å². The fourth-order valence-electron chi connectivity index (χ4n) is 2.25. The number of hydrogen-bond acceptors (Lipinski definition) is 1. The topological polar surface area (TPSA) is 9.23 Å². The molecule has 1 rings (SSSR count). The number of unbranched alkanes of at least 4 members (excludes halogenated alkanes) is 2. The maximum absolute atomic E-state index is 5.93. The molecule has 1 atom stereocenters. The Morgan fingerprint density at radius 3 is 2.55 bits per heavy atom. The van der Waals surface area contributed by atoms with Crippen LogP contribution >= 0.6 is 0 Å². The fourth-order valence-corrected chi connectivity index (χ4v) is 2.25. The number of aryl methyl sites for hydroxylation is 1. The highest BCUT2D eigenvalue weighted by molar-refractivity contribution is 5.16. The van der Waals surface area contributed by atoms with Crippen molar-refractivity contribution in [3.63, 3.8) is 0 Å². The average molecular weight is 274 g/mol. The van der Waals surface area contributed by atoms with Crippen molar-refractivity contribution in [2.24, 2.45) is 0 Å². The number of allylic oxidation sites excluding steroid dienone is 1. The van der Waals surface area contributed by atoms with Gasteiger partial charge in [-0.05, 0) is 50.2 Å². The molecule has 1 unspecified atom stereocenters. The average Bonchev–Trinajstić information content (AvgIpc) is 2.49. The van der Waals surface area contributed by atoms with Gasteiger partial charge in [-0.1, -0.05) is 57.0 Å². The van der Waals surface area contributed by atoms with Gasteiger partial charge in [-0.3, -0.25) is 0 Å². The lowest BCUT2D eigenvalue weighted by atomic mass is 10.1. The van der Waals surface area contributed by atoms with Gasteiger partial charge in [0.25, 0.3) is 0 Å². The summed E-state index contributed by atoms with van der Waals surface area (Å²) < 4.78 is 5.93. The third kappa shape index (κ3) is 7.37. The summed E-state index contributed by atoms with van der Waals surface area (Å²) in [5, 5.41) is 0. The van der Waals surface area contributed by atoms with Crippen LogP contribution in [0.3, 0.4) is 0 Å². The highest BCUT2D eigenvalue weighted by Gasteiger charge is 2.05. The van der Waals surface area contributed by atoms with E-state index in [1.807, 2.05) is 6.26 Å². The number of rotatable bonds is 10. The zero-order valence-electron chi connectivity index (χ0n) is 13.4. The molecule has 1 heteroatoms. The van der Waals surface area contributed by atoms with Crippen molar-refractivity contribution in [2.75, 3.05) is 0 Å². The quantitative estimate of drug-likeness (QED) is 0.381. The molecule has 0 amide bonds. The molecule has 0 aliphatic heterocycles. The predicted molar refractivity (Wildman–Crippen MR) is 87.8 cm³/mol. The summed E-state index contributed by atoms with van der Waals surface area (Å²) in [7, 11) is 0. The molecule has 0 heterocycles. The Labute approximate surface area is 125 Å². The molecule has 0 saturated heterocycles. The minimum absolute atomic E-state index is 0.397. The monoisotopic (exact) mass is 274 g/mol. The predicted octanol–water partition coefficient (Wildman–Crippen LogP) is 5.90. The lowest BCUT2D eigenvalue weighted by molar-refractivity contribution is 0.126. The van der Waals surface area contributed by atoms with Crippen LogP contribution in [0.2, 0.25) is 0 Å². The second-order valence-electron chi connectivity index (χ2n) is 5.61. The van der Waals surface area contributed by atoms with Gasteiger partial charge < -0.3 is 4.74 Å². The van der Waals surface area contributed by atoms with E-state index in [2.05, 4.69) is 51.1 Å². The molecule has 0 radical (unpaired) electrons. The Morgan fingerprint density at radius 1 is 1.15 bits per heavy atom. The molecule has 0 fully saturated rings. The molecule has 1 aromatic carbocycles. The third-order valence-electron chi connectivity index (χ3n) is 3.70. The van der Waals surface area contributed by atoms with Gasteiger partial charge in [0, 0.05) is 0 Å². The van der Waals surface area contributed by atoms with Crippen molar-refractivity contribution >= 4 is 0 Å². The number of ether oxygens (including phenoxy) is 1. The van der Waals surface area contributed by atoms with Crippen molar-refractivity contribution in [3.05, 3.63) is 47.7 Å². The zero-order chi connectivity index (χ0) is 14.6. The molecular formula is C19H30O. The summed E-state index contributed by atoms with van der Waals surface area (Å²) in [5.41, 5.74) is 2.73. The smallest absolute Gasteiger partial charge is 0.0975 e. The largest absolute Gasteiger partial charge is 0.498 e. The first-order valence-corrected chi connectivity index (χ1v) is 8.11. The van der Waals surface area contributed by atoms with E-state index in [9.17, 15) is 0 Å². The highest BCUT2D eigenvalue weighted by Crippen LogP contribution is 2.13. The SMILES string of the molecule is CCCCCC(CC)O/C=C(\C)CCc1ccccc1. The normalized spacial score (nSPS) is 13.2. The molecule has 1 nitrogen and oxygen atoms in total. The fraction of sp³-hybridized carbons (Fsp3) is 0.579. The first kappa shape index (κ1) is 16.8. The van der Waals surface area contributed by atoms with Crippen LogP contribution in [-0.4, -0.2) is 6.10 Å². The van der Waals surface area contributed by atoms with E-state index in [0.29, 0.717) is 6.10 Å². The van der Waals surface area contributed by atoms with Crippen molar-refractivity contribution in [1.82, 2.24) is 0 Å². The van der Waals surface area contributed by atoms with Crippen molar-refractivity contribution < 1.29 is 4.74 Å². The van der Waals surface area contributed by atoms with Gasteiger partial charge in [-0.2, -0.15) is 0 Å². The Bertz CT molecular complexity index is 367. The molecule has 1 aromatic rings. The molecule has 0 N–H and O–H groups in total. The summed E-state index contributed by atoms with van der Waals surface area (Å²) in [4.78, 5) is 0. The molecule has 20 heavy (non-hydrogen) atoms. The molecule has 0 bridgehead atoms. The second kappa shape index (κ2) is 10.5. The lowest BCUT2D eigenvalue weighted by Gasteiger charge is -2.15. The summed E-state index contributed by atoms with van der Waals surface area (Å²) in [6.45, 7) is 6.63. The van der Waals surface area contributed by atoms with Crippen molar-refractivity contribution in [2.45, 2.75) is 71.8 Å². The molecule has 0 aliphatic carbocycles. The van der Waals surface area contributed by atoms with E-state index < -0.39 is 0 Å². The van der Waals surface area contributed by atoms with Crippen LogP contribution in [0.25, 0.3) is 0 Å². The Balaban J connectivity index is 2.28. The summed E-state index contributed by atoms with van der Waals surface area (Å²) in [6.07, 6.45) is 10.7. The standard InChI is InChI=1S/C19H30O/c1-4-6-8-13-19(5-2)20-16-17(3)14-15-18-11-9-7-10-12-18/h7,9-12,16,19H,4-6,8,13-15H2,1-3H3/b17-16+. The highest BCUT2D eigenvalue weighted by atomic mass is 16.5. The summed E-state index contributed by atoms with van der Waals surface area (Å²) in [6, 6.07) is 10.6. The number of hydrogen-bond donors (Lipinski definition) is 0. The Morgan fingerprint density at radius 2 is 1.90 bits per heavy atom. The molecular weight excluding hydrogens is 244 g/mol. The first-order valence-electron chi connectivity index (χ1n) is 8.11. The van der Waals surface area contributed by atoms with E-state index in [4.69, 9.17) is 4.74 Å². The number of benzene rings is 1. The van der Waals surface area contributed by atoms with Gasteiger partial charge in [0.1, 0.15) is 0 Å². The van der Waals surface area contributed by atoms with E-state index in [0.717, 1.165) is 19.3 Å². The van der Waals surface area contributed by atoms with Crippen LogP contribution in [0, 0.1) is 0 Å². The second-order valence-corrected chi connectivity index (χ2v) is 5.61. The summed E-state index contributed by atoms with van der Waals surface area (Å²) >= 11 is 0. The van der Waals surface area contributed by atoms with Gasteiger partial charge in [-0.15, -0.1) is 0 Å². The van der Waals surface area contributed by atoms with Crippen molar-refractivity contribution in [1.29, 1.82) is 0 Å². The van der Waals surface area contributed by atoms with Gasteiger partial charge in [0.05, 0.1) is 12.4 Å². The van der Waals surface area contributed by atoms with Gasteiger partial charge in [0.2, 0.25) is 0 Å². The molecule has 0 saturated carbocycles. The Hall–Kier alpha value is -1.24. The van der Waals surface area contributed by atoms with Gasteiger partial charge in [0.15, 0.2) is 0 Å². The molecule has 0 spiro atoms. The van der Waals surface area contributed by atoms with Crippen LogP contribution < -0.4 is 0 Å². The van der Waals surface area contributed by atoms with Crippen LogP contribution in [0.5, 0.6) is 0 Å². The van der Waals surface area contributed by atoms with Gasteiger partial charge in [-0.25, -0.2) is 0 Å². The molecule has 112 valence electrons. The minimum atomic E-state index is 0.397. The minimum Gasteiger partial charge on any atom is -0.498 e. The van der Waals surface area contributed by atoms with E-state index in [1.54, 1.807) is 0 Å². The maximum Gasteiger partial charge on any atom is 0.0975 e. The van der Waals surface area contributed by atoms with Crippen molar-refractivity contribution in [3.8, 4) is 0 Å². The van der Waals surface area contributed by atoms with E-state index in [1.165, 1.54) is 36.8 Å². The van der Waals surface area contributed by atoms with E-state index in [-0.39, 0.29) is 0 Å². The zero-order valence-corrected chi connectivity index (χ0v) is 13.4.